The average Bonchev–Trinajstić information content (AvgIpc) is 3.08. The predicted octanol–water partition coefficient (Wildman–Crippen LogP) is 4.19. The number of aromatic nitrogens is 4. The lowest BCUT2D eigenvalue weighted by molar-refractivity contribution is 0.822. The molecule has 4 nitrogen and oxygen atoms in total. The van der Waals surface area contributed by atoms with Gasteiger partial charge in [0, 0.05) is 5.39 Å². The SMILES string of the molecule is Cc1cccc(Cn2c3cccc4cccc(c43)n3cnnc23)c1. The molecule has 0 aliphatic rings. The first-order chi connectivity index (χ1) is 11.8. The van der Waals surface area contributed by atoms with E-state index >= 15 is 0 Å². The molecule has 0 spiro atoms. The molecule has 0 bridgehead atoms. The van der Waals surface area contributed by atoms with E-state index in [0.29, 0.717) is 0 Å². The van der Waals surface area contributed by atoms with Crippen molar-refractivity contribution in [1.82, 2.24) is 19.2 Å². The fourth-order valence-corrected chi connectivity index (χ4v) is 3.57. The van der Waals surface area contributed by atoms with E-state index in [2.05, 4.69) is 86.8 Å². The van der Waals surface area contributed by atoms with Crippen molar-refractivity contribution in [3.8, 4) is 0 Å². The Morgan fingerprint density at radius 3 is 2.54 bits per heavy atom. The number of hydrogen-bond acceptors (Lipinski definition) is 2. The van der Waals surface area contributed by atoms with Crippen LogP contribution in [0, 0.1) is 6.92 Å². The molecule has 3 aromatic carbocycles. The van der Waals surface area contributed by atoms with Crippen molar-refractivity contribution in [3.05, 3.63) is 78.1 Å². The topological polar surface area (TPSA) is 35.1 Å². The zero-order valence-corrected chi connectivity index (χ0v) is 13.3. The Kier molecular flexibility index (Phi) is 2.73. The summed E-state index contributed by atoms with van der Waals surface area (Å²) in [6.45, 7) is 2.89. The van der Waals surface area contributed by atoms with Crippen molar-refractivity contribution in [2.24, 2.45) is 0 Å². The van der Waals surface area contributed by atoms with Crippen LogP contribution in [-0.2, 0) is 6.54 Å². The summed E-state index contributed by atoms with van der Waals surface area (Å²) in [5, 5.41) is 11.0. The van der Waals surface area contributed by atoms with Gasteiger partial charge in [-0.25, -0.2) is 0 Å². The Hall–Kier alpha value is -3.14. The molecule has 2 heterocycles. The largest absolute Gasteiger partial charge is 0.305 e. The smallest absolute Gasteiger partial charge is 0.236 e. The summed E-state index contributed by atoms with van der Waals surface area (Å²) < 4.78 is 4.32. The minimum atomic E-state index is 0.772. The summed E-state index contributed by atoms with van der Waals surface area (Å²) >= 11 is 0. The van der Waals surface area contributed by atoms with Crippen LogP contribution < -0.4 is 0 Å². The fourth-order valence-electron chi connectivity index (χ4n) is 3.57. The summed E-state index contributed by atoms with van der Waals surface area (Å²) in [6.07, 6.45) is 1.79. The van der Waals surface area contributed by atoms with Gasteiger partial charge in [0.1, 0.15) is 6.33 Å². The highest BCUT2D eigenvalue weighted by Crippen LogP contribution is 2.28. The lowest BCUT2D eigenvalue weighted by Crippen LogP contribution is -2.08. The van der Waals surface area contributed by atoms with Crippen LogP contribution in [0.4, 0.5) is 0 Å². The van der Waals surface area contributed by atoms with Crippen molar-refractivity contribution >= 4 is 27.6 Å². The van der Waals surface area contributed by atoms with E-state index in [1.54, 1.807) is 6.33 Å². The highest BCUT2D eigenvalue weighted by Gasteiger charge is 2.13. The average molecular weight is 312 g/mol. The van der Waals surface area contributed by atoms with Gasteiger partial charge in [-0.15, -0.1) is 10.2 Å². The van der Waals surface area contributed by atoms with Crippen molar-refractivity contribution in [2.45, 2.75) is 13.5 Å². The van der Waals surface area contributed by atoms with E-state index in [1.807, 2.05) is 0 Å². The Labute approximate surface area is 139 Å². The molecule has 0 amide bonds. The summed E-state index contributed by atoms with van der Waals surface area (Å²) in [6, 6.07) is 21.4. The third kappa shape index (κ3) is 1.86. The van der Waals surface area contributed by atoms with E-state index in [-0.39, 0.29) is 0 Å². The Morgan fingerprint density at radius 2 is 1.71 bits per heavy atom. The number of hydrogen-bond donors (Lipinski definition) is 0. The van der Waals surface area contributed by atoms with Gasteiger partial charge in [-0.3, -0.25) is 4.40 Å². The fraction of sp³-hybridized carbons (Fsp3) is 0.100. The van der Waals surface area contributed by atoms with Crippen molar-refractivity contribution < 1.29 is 0 Å². The highest BCUT2D eigenvalue weighted by atomic mass is 15.3. The number of nitrogens with zero attached hydrogens (tertiary/aromatic N) is 4. The third-order valence-electron chi connectivity index (χ3n) is 4.61. The van der Waals surface area contributed by atoms with Gasteiger partial charge in [-0.05, 0) is 30.0 Å². The number of aryl methyl sites for hydroxylation is 1. The molecule has 0 aliphatic heterocycles. The summed E-state index contributed by atoms with van der Waals surface area (Å²) in [5.74, 6) is 0.864. The van der Waals surface area contributed by atoms with E-state index < -0.39 is 0 Å². The third-order valence-corrected chi connectivity index (χ3v) is 4.61. The quantitative estimate of drug-likeness (QED) is 0.490. The molecule has 2 aromatic heterocycles. The molecule has 0 saturated heterocycles. The molecule has 5 rings (SSSR count). The first-order valence-electron chi connectivity index (χ1n) is 8.06. The van der Waals surface area contributed by atoms with Gasteiger partial charge < -0.3 is 4.57 Å². The highest BCUT2D eigenvalue weighted by molar-refractivity contribution is 6.08. The van der Waals surface area contributed by atoms with Crippen LogP contribution in [0.15, 0.2) is 67.0 Å². The maximum atomic E-state index is 4.38. The van der Waals surface area contributed by atoms with Crippen molar-refractivity contribution in [1.29, 1.82) is 0 Å². The first-order valence-corrected chi connectivity index (χ1v) is 8.06. The number of benzene rings is 3. The molecule has 0 N–H and O–H groups in total. The van der Waals surface area contributed by atoms with E-state index in [4.69, 9.17) is 0 Å². The second kappa shape index (κ2) is 4.93. The van der Waals surface area contributed by atoms with Crippen LogP contribution >= 0.6 is 0 Å². The monoisotopic (exact) mass is 312 g/mol. The van der Waals surface area contributed by atoms with Crippen LogP contribution in [0.1, 0.15) is 11.1 Å². The minimum Gasteiger partial charge on any atom is -0.305 e. The van der Waals surface area contributed by atoms with Crippen LogP contribution in [0.25, 0.3) is 27.6 Å². The predicted molar refractivity (Wildman–Crippen MR) is 96.3 cm³/mol. The van der Waals surface area contributed by atoms with Crippen LogP contribution in [0.5, 0.6) is 0 Å². The molecule has 4 heteroatoms. The first kappa shape index (κ1) is 13.3. The molecular weight excluding hydrogens is 296 g/mol. The van der Waals surface area contributed by atoms with E-state index in [0.717, 1.165) is 17.8 Å². The molecule has 24 heavy (non-hydrogen) atoms. The lowest BCUT2D eigenvalue weighted by Gasteiger charge is -2.16. The van der Waals surface area contributed by atoms with Gasteiger partial charge in [0.2, 0.25) is 5.78 Å². The molecule has 0 radical (unpaired) electrons. The maximum absolute atomic E-state index is 4.38. The van der Waals surface area contributed by atoms with Crippen LogP contribution in [-0.4, -0.2) is 19.2 Å². The molecule has 0 atom stereocenters. The summed E-state index contributed by atoms with van der Waals surface area (Å²) in [7, 11) is 0. The zero-order chi connectivity index (χ0) is 16.1. The summed E-state index contributed by atoms with van der Waals surface area (Å²) in [5.41, 5.74) is 4.86. The molecule has 0 saturated carbocycles. The Bertz CT molecular complexity index is 1190. The van der Waals surface area contributed by atoms with Gasteiger partial charge in [0.15, 0.2) is 0 Å². The molecular formula is C20H16N4. The zero-order valence-electron chi connectivity index (χ0n) is 13.3. The second-order valence-electron chi connectivity index (χ2n) is 6.23. The van der Waals surface area contributed by atoms with Crippen LogP contribution in [0.2, 0.25) is 0 Å². The summed E-state index contributed by atoms with van der Waals surface area (Å²) in [4.78, 5) is 0. The Morgan fingerprint density at radius 1 is 0.917 bits per heavy atom. The van der Waals surface area contributed by atoms with Crippen LogP contribution in [0.3, 0.4) is 0 Å². The van der Waals surface area contributed by atoms with E-state index in [1.165, 1.54) is 27.4 Å². The van der Waals surface area contributed by atoms with Gasteiger partial charge in [0.25, 0.3) is 0 Å². The minimum absolute atomic E-state index is 0.772. The van der Waals surface area contributed by atoms with Crippen molar-refractivity contribution in [3.63, 3.8) is 0 Å². The van der Waals surface area contributed by atoms with Gasteiger partial charge >= 0.3 is 0 Å². The van der Waals surface area contributed by atoms with Gasteiger partial charge in [0.05, 0.1) is 17.6 Å². The van der Waals surface area contributed by atoms with Gasteiger partial charge in [-0.2, -0.15) is 0 Å². The van der Waals surface area contributed by atoms with Gasteiger partial charge in [-0.1, -0.05) is 54.1 Å². The molecule has 116 valence electrons. The number of rotatable bonds is 2. The Balaban J connectivity index is 1.89. The molecule has 0 fully saturated rings. The maximum Gasteiger partial charge on any atom is 0.236 e. The molecule has 0 unspecified atom stereocenters. The normalized spacial score (nSPS) is 11.7. The standard InChI is InChI=1S/C20H16N4/c1-14-5-2-6-15(11-14)12-23-17-9-3-7-16-8-4-10-18(19(16)17)24-13-21-22-20(23)24/h2-11,13H,12H2,1H3. The second-order valence-corrected chi connectivity index (χ2v) is 6.23. The van der Waals surface area contributed by atoms with Crippen molar-refractivity contribution in [2.75, 3.05) is 0 Å². The number of fused-ring (bicyclic) bond motifs is 2. The lowest BCUT2D eigenvalue weighted by atomic mass is 10.1. The van der Waals surface area contributed by atoms with E-state index in [9.17, 15) is 0 Å². The molecule has 0 aliphatic carbocycles. The molecule has 5 aromatic rings.